The molecule has 1 N–H and O–H groups in total. The van der Waals surface area contributed by atoms with Gasteiger partial charge >= 0.3 is 0 Å². The molecule has 5 nitrogen and oxygen atoms in total. The molecule has 3 rings (SSSR count). The molecule has 0 spiro atoms. The zero-order valence-electron chi connectivity index (χ0n) is 20.4. The molecule has 0 aromatic heterocycles. The summed E-state index contributed by atoms with van der Waals surface area (Å²) in [5.74, 6) is -0.0731. The quantitative estimate of drug-likeness (QED) is 0.302. The molecule has 8 heteroatoms. The lowest BCUT2D eigenvalue weighted by Gasteiger charge is -2.33. The second kappa shape index (κ2) is 12.6. The zero-order valence-corrected chi connectivity index (χ0v) is 23.5. The fraction of sp³-hybridized carbons (Fsp3) is 0.286. The number of hydrogen-bond donors (Lipinski definition) is 1. The highest BCUT2D eigenvalue weighted by molar-refractivity contribution is 9.10. The molecule has 0 saturated heterocycles. The summed E-state index contributed by atoms with van der Waals surface area (Å²) in [5, 5.41) is 4.19. The van der Waals surface area contributed by atoms with Crippen LogP contribution in [-0.4, -0.2) is 34.9 Å². The predicted octanol–water partition coefficient (Wildman–Crippen LogP) is 6.69. The first-order valence-corrected chi connectivity index (χ1v) is 13.0. The third-order valence-corrected chi connectivity index (χ3v) is 6.39. The molecular formula is C28H29BrCl2N2O3. The summed E-state index contributed by atoms with van der Waals surface area (Å²) in [7, 11) is 0. The Labute approximate surface area is 230 Å². The van der Waals surface area contributed by atoms with Crippen molar-refractivity contribution in [1.29, 1.82) is 0 Å². The number of ether oxygens (including phenoxy) is 1. The van der Waals surface area contributed by atoms with E-state index in [1.807, 2.05) is 63.2 Å². The van der Waals surface area contributed by atoms with Crippen LogP contribution in [0.4, 0.5) is 0 Å². The van der Waals surface area contributed by atoms with Crippen LogP contribution < -0.4 is 10.1 Å². The molecule has 0 saturated carbocycles. The highest BCUT2D eigenvalue weighted by Crippen LogP contribution is 2.28. The van der Waals surface area contributed by atoms with E-state index in [0.29, 0.717) is 26.7 Å². The normalized spacial score (nSPS) is 12.1. The Kier molecular flexibility index (Phi) is 9.83. The van der Waals surface area contributed by atoms with Crippen molar-refractivity contribution in [2.75, 3.05) is 6.61 Å². The maximum atomic E-state index is 13.6. The maximum Gasteiger partial charge on any atom is 0.261 e. The van der Waals surface area contributed by atoms with Crippen LogP contribution in [0.3, 0.4) is 0 Å². The molecule has 1 atom stereocenters. The van der Waals surface area contributed by atoms with E-state index in [9.17, 15) is 9.59 Å². The van der Waals surface area contributed by atoms with Gasteiger partial charge in [0.05, 0.1) is 4.47 Å². The number of carbonyl (C=O) groups excluding carboxylic acids is 2. The average molecular weight is 592 g/mol. The smallest absolute Gasteiger partial charge is 0.261 e. The zero-order chi connectivity index (χ0) is 26.3. The van der Waals surface area contributed by atoms with Crippen molar-refractivity contribution >= 4 is 50.9 Å². The Balaban J connectivity index is 1.93. The van der Waals surface area contributed by atoms with Gasteiger partial charge in [-0.15, -0.1) is 0 Å². The van der Waals surface area contributed by atoms with Crippen LogP contribution in [0, 0.1) is 0 Å². The molecule has 0 bridgehead atoms. The largest absolute Gasteiger partial charge is 0.483 e. The third-order valence-electron chi connectivity index (χ3n) is 5.28. The van der Waals surface area contributed by atoms with E-state index < -0.39 is 11.6 Å². The minimum atomic E-state index is -0.757. The van der Waals surface area contributed by atoms with E-state index in [4.69, 9.17) is 27.9 Å². The first kappa shape index (κ1) is 28.0. The maximum absolute atomic E-state index is 13.6. The van der Waals surface area contributed by atoms with Crippen LogP contribution >= 0.6 is 39.1 Å². The lowest BCUT2D eigenvalue weighted by Crippen LogP contribution is -2.55. The van der Waals surface area contributed by atoms with Crippen LogP contribution in [0.5, 0.6) is 5.75 Å². The van der Waals surface area contributed by atoms with Crippen molar-refractivity contribution in [2.45, 2.75) is 45.3 Å². The van der Waals surface area contributed by atoms with Crippen molar-refractivity contribution in [3.8, 4) is 5.75 Å². The molecule has 3 aromatic carbocycles. The molecule has 190 valence electrons. The van der Waals surface area contributed by atoms with Crippen molar-refractivity contribution in [2.24, 2.45) is 0 Å². The number of nitrogens with zero attached hydrogens (tertiary/aromatic N) is 1. The fourth-order valence-corrected chi connectivity index (χ4v) is 4.53. The Morgan fingerprint density at radius 2 is 1.58 bits per heavy atom. The van der Waals surface area contributed by atoms with Gasteiger partial charge in [0.2, 0.25) is 5.91 Å². The molecule has 0 aliphatic heterocycles. The number of hydrogen-bond acceptors (Lipinski definition) is 3. The number of amides is 2. The summed E-state index contributed by atoms with van der Waals surface area (Å²) in [6.45, 7) is 5.71. The highest BCUT2D eigenvalue weighted by atomic mass is 79.9. The van der Waals surface area contributed by atoms with Crippen molar-refractivity contribution in [3.05, 3.63) is 98.4 Å². The third kappa shape index (κ3) is 8.54. The Morgan fingerprint density at radius 3 is 2.19 bits per heavy atom. The van der Waals surface area contributed by atoms with E-state index in [0.717, 1.165) is 11.1 Å². The minimum Gasteiger partial charge on any atom is -0.483 e. The SMILES string of the molecule is CC(C)(C)NC(=O)C(Cc1ccccc1)N(Cc1ccc(Cl)cc1)C(=O)COc1ccc(Cl)cc1Br. The number of nitrogens with one attached hydrogen (secondary N) is 1. The summed E-state index contributed by atoms with van der Waals surface area (Å²) in [4.78, 5) is 28.7. The Bertz CT molecular complexity index is 1180. The topological polar surface area (TPSA) is 58.6 Å². The molecule has 0 heterocycles. The molecule has 1 unspecified atom stereocenters. The van der Waals surface area contributed by atoms with Crippen LogP contribution in [0.2, 0.25) is 10.0 Å². The molecule has 0 fully saturated rings. The van der Waals surface area contributed by atoms with Crippen LogP contribution in [0.1, 0.15) is 31.9 Å². The van der Waals surface area contributed by atoms with Gasteiger partial charge in [-0.3, -0.25) is 9.59 Å². The predicted molar refractivity (Wildman–Crippen MR) is 148 cm³/mol. The van der Waals surface area contributed by atoms with E-state index in [-0.39, 0.29) is 25.0 Å². The fourth-order valence-electron chi connectivity index (χ4n) is 3.61. The molecule has 36 heavy (non-hydrogen) atoms. The summed E-state index contributed by atoms with van der Waals surface area (Å²) in [5.41, 5.74) is 1.33. The molecular weight excluding hydrogens is 563 g/mol. The molecule has 3 aromatic rings. The number of rotatable bonds is 9. The number of halogens is 3. The molecule has 0 radical (unpaired) electrons. The summed E-state index contributed by atoms with van der Waals surface area (Å²) < 4.78 is 6.46. The van der Waals surface area contributed by atoms with Gasteiger partial charge in [-0.2, -0.15) is 0 Å². The lowest BCUT2D eigenvalue weighted by molar-refractivity contribution is -0.143. The minimum absolute atomic E-state index is 0.218. The second-order valence-corrected chi connectivity index (χ2v) is 11.2. The summed E-state index contributed by atoms with van der Waals surface area (Å²) >= 11 is 15.5. The van der Waals surface area contributed by atoms with Gasteiger partial charge in [0.1, 0.15) is 11.8 Å². The second-order valence-electron chi connectivity index (χ2n) is 9.46. The first-order valence-electron chi connectivity index (χ1n) is 11.5. The van der Waals surface area contributed by atoms with Crippen molar-refractivity contribution < 1.29 is 14.3 Å². The van der Waals surface area contributed by atoms with Crippen LogP contribution in [-0.2, 0) is 22.6 Å². The average Bonchev–Trinajstić information content (AvgIpc) is 2.81. The molecule has 2 amide bonds. The van der Waals surface area contributed by atoms with E-state index in [1.165, 1.54) is 0 Å². The number of carbonyl (C=O) groups is 2. The van der Waals surface area contributed by atoms with E-state index >= 15 is 0 Å². The van der Waals surface area contributed by atoms with E-state index in [2.05, 4.69) is 21.2 Å². The monoisotopic (exact) mass is 590 g/mol. The molecule has 0 aliphatic rings. The Morgan fingerprint density at radius 1 is 0.944 bits per heavy atom. The van der Waals surface area contributed by atoms with Crippen LogP contribution in [0.25, 0.3) is 0 Å². The standard InChI is InChI=1S/C28H29BrCl2N2O3/c1-28(2,3)32-27(35)24(15-19-7-5-4-6-8-19)33(17-20-9-11-21(30)12-10-20)26(34)18-36-25-14-13-22(31)16-23(25)29/h4-14,16,24H,15,17-18H2,1-3H3,(H,32,35). The van der Waals surface area contributed by atoms with Gasteiger partial charge in [0, 0.05) is 28.5 Å². The first-order chi connectivity index (χ1) is 17.0. The summed E-state index contributed by atoms with van der Waals surface area (Å²) in [6, 6.07) is 21.2. The highest BCUT2D eigenvalue weighted by Gasteiger charge is 2.32. The number of benzene rings is 3. The van der Waals surface area contributed by atoms with Crippen molar-refractivity contribution in [3.63, 3.8) is 0 Å². The lowest BCUT2D eigenvalue weighted by atomic mass is 10.0. The molecule has 0 aliphatic carbocycles. The summed E-state index contributed by atoms with van der Waals surface area (Å²) in [6.07, 6.45) is 0.354. The Hall–Kier alpha value is -2.54. The van der Waals surface area contributed by atoms with Gasteiger partial charge in [0.15, 0.2) is 6.61 Å². The van der Waals surface area contributed by atoms with Crippen molar-refractivity contribution in [1.82, 2.24) is 10.2 Å². The van der Waals surface area contributed by atoms with Gasteiger partial charge in [-0.25, -0.2) is 0 Å². The van der Waals surface area contributed by atoms with Gasteiger partial charge in [0.25, 0.3) is 5.91 Å². The van der Waals surface area contributed by atoms with Gasteiger partial charge < -0.3 is 15.0 Å². The van der Waals surface area contributed by atoms with E-state index in [1.54, 1.807) is 35.2 Å². The van der Waals surface area contributed by atoms with Crippen LogP contribution in [0.15, 0.2) is 77.3 Å². The van der Waals surface area contributed by atoms with Gasteiger partial charge in [-0.1, -0.05) is 65.7 Å². The van der Waals surface area contributed by atoms with Gasteiger partial charge in [-0.05, 0) is 78.2 Å².